The van der Waals surface area contributed by atoms with Gasteiger partial charge in [0.05, 0.1) is 4.90 Å². The minimum absolute atomic E-state index is 0.0135. The maximum Gasteiger partial charge on any atom is 0.345 e. The lowest BCUT2D eigenvalue weighted by Crippen LogP contribution is -2.26. The zero-order valence-corrected chi connectivity index (χ0v) is 12.9. The van der Waals surface area contributed by atoms with Crippen LogP contribution >= 0.6 is 11.3 Å². The molecule has 0 aliphatic rings. The Morgan fingerprint density at radius 1 is 1.48 bits per heavy atom. The molecule has 0 aliphatic heterocycles. The predicted octanol–water partition coefficient (Wildman–Crippen LogP) is 0.967. The van der Waals surface area contributed by atoms with Gasteiger partial charge in [0.15, 0.2) is 5.82 Å². The van der Waals surface area contributed by atoms with E-state index < -0.39 is 16.0 Å². The number of carboxylic acids is 1. The number of rotatable bonds is 6. The molecule has 0 atom stereocenters. The molecular formula is C11H13N3O5S2. The normalized spacial score (nSPS) is 11.7. The summed E-state index contributed by atoms with van der Waals surface area (Å²) in [6.45, 7) is 3.31. The summed E-state index contributed by atoms with van der Waals surface area (Å²) < 4.78 is 31.5. The first-order chi connectivity index (χ1) is 9.79. The van der Waals surface area contributed by atoms with Crippen LogP contribution in [-0.2, 0) is 16.4 Å². The van der Waals surface area contributed by atoms with Crippen LogP contribution in [0.2, 0.25) is 0 Å². The molecule has 8 nitrogen and oxygen atoms in total. The van der Waals surface area contributed by atoms with E-state index in [4.69, 9.17) is 9.63 Å². The van der Waals surface area contributed by atoms with Crippen molar-refractivity contribution >= 4 is 27.3 Å². The highest BCUT2D eigenvalue weighted by atomic mass is 32.2. The van der Waals surface area contributed by atoms with E-state index in [1.165, 1.54) is 0 Å². The molecule has 0 aromatic carbocycles. The lowest BCUT2D eigenvalue weighted by atomic mass is 10.4. The Kier molecular flexibility index (Phi) is 4.40. The van der Waals surface area contributed by atoms with Gasteiger partial charge in [0.1, 0.15) is 4.88 Å². The first-order valence-corrected chi connectivity index (χ1v) is 8.22. The Hall–Kier alpha value is -1.78. The van der Waals surface area contributed by atoms with Gasteiger partial charge in [-0.15, -0.1) is 11.3 Å². The van der Waals surface area contributed by atoms with Gasteiger partial charge < -0.3 is 9.63 Å². The number of thiophene rings is 1. The number of nitrogens with one attached hydrogen (secondary N) is 1. The Bertz CT molecular complexity index is 763. The van der Waals surface area contributed by atoms with Crippen LogP contribution in [0.3, 0.4) is 0 Å². The molecule has 0 bridgehead atoms. The monoisotopic (exact) mass is 331 g/mol. The number of nitrogens with zero attached hydrogens (tertiary/aromatic N) is 2. The highest BCUT2D eigenvalue weighted by Crippen LogP contribution is 2.25. The molecule has 21 heavy (non-hydrogen) atoms. The van der Waals surface area contributed by atoms with E-state index in [-0.39, 0.29) is 22.7 Å². The van der Waals surface area contributed by atoms with Gasteiger partial charge in [-0.3, -0.25) is 0 Å². The number of carboxylic acid groups (broad SMARTS) is 1. The molecule has 114 valence electrons. The molecule has 2 N–H and O–H groups in total. The van der Waals surface area contributed by atoms with E-state index in [0.717, 1.165) is 17.4 Å². The Morgan fingerprint density at radius 3 is 2.71 bits per heavy atom. The van der Waals surface area contributed by atoms with Crippen LogP contribution in [0.5, 0.6) is 0 Å². The maximum absolute atomic E-state index is 12.1. The van der Waals surface area contributed by atoms with E-state index >= 15 is 0 Å². The standard InChI is InChI=1S/C11H13N3O5S2/c1-6-9(5-8(20-6)11(15)16)21(17,18)12-4-3-10-13-7(2)14-19-10/h5,12H,3-4H2,1-2H3,(H,15,16). The molecule has 0 unspecified atom stereocenters. The fraction of sp³-hybridized carbons (Fsp3) is 0.364. The second-order valence-corrected chi connectivity index (χ2v) is 7.21. The van der Waals surface area contributed by atoms with Crippen molar-refractivity contribution in [3.8, 4) is 0 Å². The maximum atomic E-state index is 12.1. The van der Waals surface area contributed by atoms with Gasteiger partial charge in [0.2, 0.25) is 15.9 Å². The van der Waals surface area contributed by atoms with Gasteiger partial charge in [0, 0.05) is 17.8 Å². The molecule has 10 heteroatoms. The molecule has 0 fully saturated rings. The Morgan fingerprint density at radius 2 is 2.19 bits per heavy atom. The average Bonchev–Trinajstić information content (AvgIpc) is 2.96. The molecule has 2 aromatic heterocycles. The molecule has 2 heterocycles. The summed E-state index contributed by atoms with van der Waals surface area (Å²) in [5, 5.41) is 12.5. The third kappa shape index (κ3) is 3.65. The summed E-state index contributed by atoms with van der Waals surface area (Å²) in [5.74, 6) is -0.331. The van der Waals surface area contributed by atoms with Gasteiger partial charge in [-0.2, -0.15) is 4.98 Å². The summed E-state index contributed by atoms with van der Waals surface area (Å²) in [6, 6.07) is 1.15. The van der Waals surface area contributed by atoms with Crippen LogP contribution in [0.15, 0.2) is 15.5 Å². The SMILES string of the molecule is Cc1noc(CCNS(=O)(=O)c2cc(C(=O)O)sc2C)n1. The first-order valence-electron chi connectivity index (χ1n) is 5.92. The number of aryl methyl sites for hydroxylation is 2. The summed E-state index contributed by atoms with van der Waals surface area (Å²) in [5.41, 5.74) is 0. The number of aromatic nitrogens is 2. The summed E-state index contributed by atoms with van der Waals surface area (Å²) in [7, 11) is -3.76. The zero-order valence-electron chi connectivity index (χ0n) is 11.3. The van der Waals surface area contributed by atoms with Crippen molar-refractivity contribution in [3.05, 3.63) is 27.5 Å². The van der Waals surface area contributed by atoms with E-state index in [9.17, 15) is 13.2 Å². The van der Waals surface area contributed by atoms with Gasteiger partial charge in [-0.25, -0.2) is 17.9 Å². The Labute approximate surface area is 124 Å². The van der Waals surface area contributed by atoms with Crippen LogP contribution in [0, 0.1) is 13.8 Å². The predicted molar refractivity (Wildman–Crippen MR) is 73.9 cm³/mol. The molecule has 0 saturated carbocycles. The first kappa shape index (κ1) is 15.6. The van der Waals surface area contributed by atoms with Crippen molar-refractivity contribution in [2.45, 2.75) is 25.2 Å². The van der Waals surface area contributed by atoms with Crippen LogP contribution in [0.1, 0.15) is 26.3 Å². The number of hydrogen-bond acceptors (Lipinski definition) is 7. The fourth-order valence-electron chi connectivity index (χ4n) is 1.65. The lowest BCUT2D eigenvalue weighted by molar-refractivity contribution is 0.0702. The second-order valence-electron chi connectivity index (χ2n) is 4.22. The minimum atomic E-state index is -3.76. The summed E-state index contributed by atoms with van der Waals surface area (Å²) in [4.78, 5) is 15.2. The van der Waals surface area contributed by atoms with E-state index in [0.29, 0.717) is 16.6 Å². The second kappa shape index (κ2) is 5.92. The highest BCUT2D eigenvalue weighted by Gasteiger charge is 2.22. The van der Waals surface area contributed by atoms with Crippen molar-refractivity contribution in [1.82, 2.24) is 14.9 Å². The quantitative estimate of drug-likeness (QED) is 0.808. The van der Waals surface area contributed by atoms with Crippen LogP contribution < -0.4 is 4.72 Å². The van der Waals surface area contributed by atoms with Crippen molar-refractivity contribution in [2.24, 2.45) is 0 Å². The third-order valence-electron chi connectivity index (χ3n) is 2.57. The highest BCUT2D eigenvalue weighted by molar-refractivity contribution is 7.89. The number of hydrogen-bond donors (Lipinski definition) is 2. The van der Waals surface area contributed by atoms with Crippen molar-refractivity contribution in [2.75, 3.05) is 6.54 Å². The van der Waals surface area contributed by atoms with Gasteiger partial charge in [-0.05, 0) is 19.9 Å². The smallest absolute Gasteiger partial charge is 0.345 e. The topological polar surface area (TPSA) is 122 Å². The number of sulfonamides is 1. The molecule has 0 spiro atoms. The molecule has 2 aromatic rings. The molecule has 0 radical (unpaired) electrons. The lowest BCUT2D eigenvalue weighted by Gasteiger charge is -2.04. The van der Waals surface area contributed by atoms with Gasteiger partial charge in [-0.1, -0.05) is 5.16 Å². The van der Waals surface area contributed by atoms with E-state index in [1.807, 2.05) is 0 Å². The van der Waals surface area contributed by atoms with E-state index in [1.54, 1.807) is 13.8 Å². The van der Waals surface area contributed by atoms with Crippen LogP contribution in [0.25, 0.3) is 0 Å². The van der Waals surface area contributed by atoms with Crippen LogP contribution in [0.4, 0.5) is 0 Å². The van der Waals surface area contributed by atoms with E-state index in [2.05, 4.69) is 14.9 Å². The van der Waals surface area contributed by atoms with Gasteiger partial charge in [0.25, 0.3) is 0 Å². The van der Waals surface area contributed by atoms with Crippen molar-refractivity contribution in [3.63, 3.8) is 0 Å². The largest absolute Gasteiger partial charge is 0.477 e. The molecule has 0 saturated heterocycles. The fourth-order valence-corrected chi connectivity index (χ4v) is 4.11. The zero-order chi connectivity index (χ0) is 15.6. The summed E-state index contributed by atoms with van der Waals surface area (Å²) >= 11 is 0.923. The third-order valence-corrected chi connectivity index (χ3v) is 5.33. The molecular weight excluding hydrogens is 318 g/mol. The number of aromatic carboxylic acids is 1. The Balaban J connectivity index is 2.06. The van der Waals surface area contributed by atoms with Crippen LogP contribution in [-0.4, -0.2) is 36.2 Å². The summed E-state index contributed by atoms with van der Waals surface area (Å²) in [6.07, 6.45) is 0.259. The molecule has 2 rings (SSSR count). The molecule has 0 aliphatic carbocycles. The minimum Gasteiger partial charge on any atom is -0.477 e. The van der Waals surface area contributed by atoms with Gasteiger partial charge >= 0.3 is 5.97 Å². The van der Waals surface area contributed by atoms with Crippen molar-refractivity contribution in [1.29, 1.82) is 0 Å². The average molecular weight is 331 g/mol. The molecule has 0 amide bonds. The number of carbonyl (C=O) groups is 1. The van der Waals surface area contributed by atoms with Crippen molar-refractivity contribution < 1.29 is 22.8 Å².